The Morgan fingerprint density at radius 3 is 2.52 bits per heavy atom. The van der Waals surface area contributed by atoms with Crippen molar-refractivity contribution in [1.82, 2.24) is 10.2 Å². The van der Waals surface area contributed by atoms with E-state index in [9.17, 15) is 9.90 Å². The molecule has 2 aromatic rings. The highest BCUT2D eigenvalue weighted by Gasteiger charge is 2.33. The number of carbonyl (C=O) groups is 1. The number of carbonyl (C=O) groups excluding carboxylic acids is 1. The normalized spacial score (nSPS) is 20.9. The number of benzene rings is 2. The number of fused-ring (bicyclic) bond motifs is 1. The molecule has 1 unspecified atom stereocenters. The van der Waals surface area contributed by atoms with Gasteiger partial charge in [-0.25, -0.2) is 0 Å². The van der Waals surface area contributed by atoms with Gasteiger partial charge in [0.05, 0.1) is 18.2 Å². The van der Waals surface area contributed by atoms with Crippen molar-refractivity contribution in [1.29, 1.82) is 0 Å². The predicted octanol–water partition coefficient (Wildman–Crippen LogP) is 4.10. The maximum absolute atomic E-state index is 13.2. The van der Waals surface area contributed by atoms with Crippen molar-refractivity contribution < 1.29 is 9.90 Å². The van der Waals surface area contributed by atoms with Crippen LogP contribution in [-0.2, 0) is 11.2 Å². The van der Waals surface area contributed by atoms with Gasteiger partial charge in [-0.15, -0.1) is 0 Å². The van der Waals surface area contributed by atoms with E-state index in [0.717, 1.165) is 43.2 Å². The van der Waals surface area contributed by atoms with Crippen LogP contribution in [0.1, 0.15) is 54.8 Å². The molecule has 1 fully saturated rings. The molecule has 1 amide bonds. The summed E-state index contributed by atoms with van der Waals surface area (Å²) in [5, 5.41) is 14.6. The van der Waals surface area contributed by atoms with Crippen LogP contribution in [0.4, 0.5) is 0 Å². The molecule has 29 heavy (non-hydrogen) atoms. The molecule has 154 valence electrons. The highest BCUT2D eigenvalue weighted by atomic mass is 35.5. The summed E-state index contributed by atoms with van der Waals surface area (Å²) < 4.78 is 0. The fourth-order valence-electron chi connectivity index (χ4n) is 4.76. The van der Waals surface area contributed by atoms with Crippen molar-refractivity contribution in [2.75, 3.05) is 19.6 Å². The molecule has 4 nitrogen and oxygen atoms in total. The number of rotatable bonds is 5. The van der Waals surface area contributed by atoms with Crippen LogP contribution in [0.5, 0.6) is 0 Å². The summed E-state index contributed by atoms with van der Waals surface area (Å²) in [6, 6.07) is 15.9. The Bertz CT molecular complexity index is 863. The summed E-state index contributed by atoms with van der Waals surface area (Å²) in [7, 11) is 0. The van der Waals surface area contributed by atoms with Gasteiger partial charge in [-0.05, 0) is 42.0 Å². The van der Waals surface area contributed by atoms with E-state index >= 15 is 0 Å². The maximum atomic E-state index is 13.2. The highest BCUT2D eigenvalue weighted by Crippen LogP contribution is 2.38. The molecule has 1 heterocycles. The Morgan fingerprint density at radius 2 is 1.76 bits per heavy atom. The molecule has 0 bridgehead atoms. The van der Waals surface area contributed by atoms with E-state index in [1.807, 2.05) is 41.3 Å². The van der Waals surface area contributed by atoms with Crippen LogP contribution < -0.4 is 5.32 Å². The summed E-state index contributed by atoms with van der Waals surface area (Å²) in [6.07, 6.45) is 5.77. The minimum atomic E-state index is -0.671. The van der Waals surface area contributed by atoms with Crippen LogP contribution in [-0.4, -0.2) is 41.1 Å². The molecule has 2 aromatic carbocycles. The lowest BCUT2D eigenvalue weighted by molar-refractivity contribution is -0.132. The molecule has 1 saturated carbocycles. The molecule has 2 N–H and O–H groups in total. The third kappa shape index (κ3) is 4.50. The lowest BCUT2D eigenvalue weighted by Gasteiger charge is -2.38. The molecule has 1 aliphatic heterocycles. The van der Waals surface area contributed by atoms with Gasteiger partial charge in [0.25, 0.3) is 0 Å². The molecule has 1 aliphatic carbocycles. The Kier molecular flexibility index (Phi) is 6.23. The first-order chi connectivity index (χ1) is 14.1. The lowest BCUT2D eigenvalue weighted by atomic mass is 9.85. The van der Waals surface area contributed by atoms with E-state index in [1.165, 1.54) is 12.0 Å². The van der Waals surface area contributed by atoms with Crippen molar-refractivity contribution in [3.8, 4) is 0 Å². The van der Waals surface area contributed by atoms with Crippen molar-refractivity contribution >= 4 is 17.5 Å². The molecule has 1 atom stereocenters. The second kappa shape index (κ2) is 8.86. The lowest BCUT2D eigenvalue weighted by Crippen LogP contribution is -2.48. The molecule has 0 spiro atoms. The first-order valence-electron chi connectivity index (χ1n) is 10.6. The number of hydrogen-bond acceptors (Lipinski definition) is 3. The Labute approximate surface area is 177 Å². The fourth-order valence-corrected chi connectivity index (χ4v) is 5.00. The quantitative estimate of drug-likeness (QED) is 0.777. The Morgan fingerprint density at radius 1 is 1.07 bits per heavy atom. The first-order valence-corrected chi connectivity index (χ1v) is 11.0. The second-order valence-electron chi connectivity index (χ2n) is 8.35. The van der Waals surface area contributed by atoms with E-state index in [-0.39, 0.29) is 18.5 Å². The van der Waals surface area contributed by atoms with E-state index < -0.39 is 5.60 Å². The van der Waals surface area contributed by atoms with Crippen molar-refractivity contribution in [2.24, 2.45) is 0 Å². The zero-order valence-corrected chi connectivity index (χ0v) is 17.5. The molecular formula is C24H29ClN2O2. The van der Waals surface area contributed by atoms with E-state index in [1.54, 1.807) is 0 Å². The molecule has 2 aliphatic rings. The van der Waals surface area contributed by atoms with Gasteiger partial charge in [-0.1, -0.05) is 73.3 Å². The van der Waals surface area contributed by atoms with Gasteiger partial charge < -0.3 is 15.3 Å². The monoisotopic (exact) mass is 412 g/mol. The third-order valence-corrected chi connectivity index (χ3v) is 6.66. The average molecular weight is 413 g/mol. The zero-order valence-electron chi connectivity index (χ0n) is 16.7. The topological polar surface area (TPSA) is 52.6 Å². The summed E-state index contributed by atoms with van der Waals surface area (Å²) in [5.41, 5.74) is 2.70. The summed E-state index contributed by atoms with van der Waals surface area (Å²) in [4.78, 5) is 15.1. The summed E-state index contributed by atoms with van der Waals surface area (Å²) in [6.45, 7) is 1.36. The van der Waals surface area contributed by atoms with Crippen molar-refractivity contribution in [3.05, 3.63) is 70.2 Å². The second-order valence-corrected chi connectivity index (χ2v) is 8.76. The maximum Gasteiger partial charge on any atom is 0.237 e. The van der Waals surface area contributed by atoms with Gasteiger partial charge in [0.2, 0.25) is 5.91 Å². The van der Waals surface area contributed by atoms with Crippen LogP contribution in [0.15, 0.2) is 48.5 Å². The largest absolute Gasteiger partial charge is 0.389 e. The van der Waals surface area contributed by atoms with Gasteiger partial charge >= 0.3 is 0 Å². The van der Waals surface area contributed by atoms with Crippen molar-refractivity contribution in [3.63, 3.8) is 0 Å². The predicted molar refractivity (Wildman–Crippen MR) is 116 cm³/mol. The van der Waals surface area contributed by atoms with Gasteiger partial charge in [0.15, 0.2) is 0 Å². The third-order valence-electron chi connectivity index (χ3n) is 6.32. The molecule has 0 radical (unpaired) electrons. The van der Waals surface area contributed by atoms with Gasteiger partial charge in [-0.2, -0.15) is 0 Å². The van der Waals surface area contributed by atoms with Crippen molar-refractivity contribution in [2.45, 2.75) is 50.2 Å². The van der Waals surface area contributed by atoms with Crippen LogP contribution in [0.3, 0.4) is 0 Å². The van der Waals surface area contributed by atoms with E-state index in [0.29, 0.717) is 18.1 Å². The van der Waals surface area contributed by atoms with E-state index in [4.69, 9.17) is 11.6 Å². The number of amides is 1. The minimum absolute atomic E-state index is 0.0452. The molecule has 0 aromatic heterocycles. The SMILES string of the molecule is O=C(CNCC1(O)CCCCC1)N1CCc2ccccc2C1c1ccccc1Cl. The van der Waals surface area contributed by atoms with Gasteiger partial charge in [-0.3, -0.25) is 4.79 Å². The summed E-state index contributed by atoms with van der Waals surface area (Å²) in [5.74, 6) is 0.0452. The number of halogens is 1. The van der Waals surface area contributed by atoms with Crippen LogP contribution in [0.25, 0.3) is 0 Å². The Hall–Kier alpha value is -1.88. The molecule has 0 saturated heterocycles. The number of nitrogens with one attached hydrogen (secondary N) is 1. The Balaban J connectivity index is 1.52. The van der Waals surface area contributed by atoms with Crippen LogP contribution in [0.2, 0.25) is 5.02 Å². The minimum Gasteiger partial charge on any atom is -0.389 e. The highest BCUT2D eigenvalue weighted by molar-refractivity contribution is 6.31. The fraction of sp³-hybridized carbons (Fsp3) is 0.458. The average Bonchev–Trinajstić information content (AvgIpc) is 2.74. The first kappa shape index (κ1) is 20.4. The molecule has 4 rings (SSSR count). The van der Waals surface area contributed by atoms with Gasteiger partial charge in [0.1, 0.15) is 0 Å². The summed E-state index contributed by atoms with van der Waals surface area (Å²) >= 11 is 6.53. The molecular weight excluding hydrogens is 384 g/mol. The van der Waals surface area contributed by atoms with Crippen LogP contribution >= 0.6 is 11.6 Å². The number of hydrogen-bond donors (Lipinski definition) is 2. The zero-order chi connectivity index (χ0) is 20.3. The number of aliphatic hydroxyl groups is 1. The molecule has 5 heteroatoms. The number of nitrogens with zero attached hydrogens (tertiary/aromatic N) is 1. The van der Waals surface area contributed by atoms with E-state index in [2.05, 4.69) is 17.4 Å². The standard InChI is InChI=1S/C24H29ClN2O2/c25-21-11-5-4-10-20(21)23-19-9-3-2-8-18(19)12-15-27(23)22(28)16-26-17-24(29)13-6-1-7-14-24/h2-5,8-11,23,26,29H,1,6-7,12-17H2. The van der Waals surface area contributed by atoms with Gasteiger partial charge in [0, 0.05) is 18.1 Å². The van der Waals surface area contributed by atoms with Crippen LogP contribution in [0, 0.1) is 0 Å². The smallest absolute Gasteiger partial charge is 0.237 e.